The summed E-state index contributed by atoms with van der Waals surface area (Å²) in [6.45, 7) is 1.96. The predicted molar refractivity (Wildman–Crippen MR) is 77.3 cm³/mol. The van der Waals surface area contributed by atoms with Gasteiger partial charge >= 0.3 is 5.97 Å². The van der Waals surface area contributed by atoms with E-state index in [0.717, 1.165) is 5.56 Å². The van der Waals surface area contributed by atoms with Crippen LogP contribution >= 0.6 is 12.2 Å². The van der Waals surface area contributed by atoms with Gasteiger partial charge in [0.05, 0.1) is 16.4 Å². The number of nitrogens with zero attached hydrogens (tertiary/aromatic N) is 1. The molecule has 3 nitrogen and oxygen atoms in total. The van der Waals surface area contributed by atoms with Crippen LogP contribution in [0.15, 0.2) is 53.5 Å². The Bertz CT molecular complexity index is 626. The van der Waals surface area contributed by atoms with Crippen molar-refractivity contribution in [2.75, 3.05) is 0 Å². The van der Waals surface area contributed by atoms with Gasteiger partial charge in [-0.1, -0.05) is 17.7 Å². The van der Waals surface area contributed by atoms with Crippen molar-refractivity contribution in [3.05, 3.63) is 59.7 Å². The van der Waals surface area contributed by atoms with Crippen molar-refractivity contribution >= 4 is 29.0 Å². The monoisotopic (exact) mass is 269 g/mol. The molecule has 19 heavy (non-hydrogen) atoms. The topological polar surface area (TPSA) is 38.7 Å². The van der Waals surface area contributed by atoms with Crippen LogP contribution in [0.4, 0.5) is 5.69 Å². The first-order chi connectivity index (χ1) is 9.19. The SMILES string of the molecule is Cc1ccc(C(=O)Oc2ccc(N=C=S)cc2)cc1. The van der Waals surface area contributed by atoms with Crippen LogP contribution in [0.5, 0.6) is 5.75 Å². The first kappa shape index (κ1) is 13.1. The zero-order valence-corrected chi connectivity index (χ0v) is 11.1. The molecular weight excluding hydrogens is 258 g/mol. The van der Waals surface area contributed by atoms with Gasteiger partial charge in [-0.25, -0.2) is 4.79 Å². The van der Waals surface area contributed by atoms with Crippen molar-refractivity contribution in [1.82, 2.24) is 0 Å². The molecule has 0 fully saturated rings. The predicted octanol–water partition coefficient (Wildman–Crippen LogP) is 3.95. The zero-order valence-electron chi connectivity index (χ0n) is 10.3. The van der Waals surface area contributed by atoms with Crippen LogP contribution in [0.3, 0.4) is 0 Å². The number of thiocarbonyl (C=S) groups is 1. The molecule has 0 aliphatic heterocycles. The number of rotatable bonds is 3. The third-order valence-corrected chi connectivity index (χ3v) is 2.60. The van der Waals surface area contributed by atoms with Crippen molar-refractivity contribution in [2.45, 2.75) is 6.92 Å². The van der Waals surface area contributed by atoms with E-state index in [0.29, 0.717) is 17.0 Å². The maximum Gasteiger partial charge on any atom is 0.343 e. The maximum absolute atomic E-state index is 11.9. The average molecular weight is 269 g/mol. The Morgan fingerprint density at radius 1 is 1.11 bits per heavy atom. The fraction of sp³-hybridized carbons (Fsp3) is 0.0667. The molecular formula is C15H11NO2S. The summed E-state index contributed by atoms with van der Waals surface area (Å²) in [5.74, 6) is 0.0833. The highest BCUT2D eigenvalue weighted by atomic mass is 32.1. The number of esters is 1. The summed E-state index contributed by atoms with van der Waals surface area (Å²) < 4.78 is 5.25. The number of isothiocyanates is 1. The minimum atomic E-state index is -0.383. The molecule has 2 aromatic carbocycles. The molecule has 0 N–H and O–H groups in total. The van der Waals surface area contributed by atoms with E-state index in [1.807, 2.05) is 19.1 Å². The minimum Gasteiger partial charge on any atom is -0.423 e. The summed E-state index contributed by atoms with van der Waals surface area (Å²) in [5.41, 5.74) is 2.29. The van der Waals surface area contributed by atoms with Crippen LogP contribution in [0.2, 0.25) is 0 Å². The fourth-order valence-electron chi connectivity index (χ4n) is 1.50. The summed E-state index contributed by atoms with van der Waals surface area (Å²) in [6, 6.07) is 14.0. The first-order valence-electron chi connectivity index (χ1n) is 5.66. The lowest BCUT2D eigenvalue weighted by Gasteiger charge is -2.04. The molecule has 0 amide bonds. The average Bonchev–Trinajstić information content (AvgIpc) is 2.42. The van der Waals surface area contributed by atoms with E-state index in [9.17, 15) is 4.79 Å². The Morgan fingerprint density at radius 3 is 2.32 bits per heavy atom. The Morgan fingerprint density at radius 2 is 1.74 bits per heavy atom. The molecule has 0 saturated carbocycles. The fourth-order valence-corrected chi connectivity index (χ4v) is 1.60. The van der Waals surface area contributed by atoms with Gasteiger partial charge in [-0.3, -0.25) is 0 Å². The normalized spacial score (nSPS) is 9.53. The molecule has 4 heteroatoms. The number of carbonyl (C=O) groups is 1. The molecule has 0 atom stereocenters. The minimum absolute atomic E-state index is 0.383. The summed E-state index contributed by atoms with van der Waals surface area (Å²) in [5, 5.41) is 2.28. The van der Waals surface area contributed by atoms with Crippen LogP contribution < -0.4 is 4.74 Å². The van der Waals surface area contributed by atoms with Gasteiger partial charge in [0.2, 0.25) is 0 Å². The van der Waals surface area contributed by atoms with Crippen LogP contribution in [-0.4, -0.2) is 11.1 Å². The number of benzene rings is 2. The highest BCUT2D eigenvalue weighted by Crippen LogP contribution is 2.18. The molecule has 0 unspecified atom stereocenters. The molecule has 0 aliphatic carbocycles. The molecule has 0 radical (unpaired) electrons. The number of ether oxygens (including phenoxy) is 1. The van der Waals surface area contributed by atoms with E-state index >= 15 is 0 Å². The van der Waals surface area contributed by atoms with Crippen molar-refractivity contribution in [1.29, 1.82) is 0 Å². The summed E-state index contributed by atoms with van der Waals surface area (Å²) in [7, 11) is 0. The quantitative estimate of drug-likeness (QED) is 0.366. The zero-order chi connectivity index (χ0) is 13.7. The van der Waals surface area contributed by atoms with E-state index in [2.05, 4.69) is 22.4 Å². The second-order valence-electron chi connectivity index (χ2n) is 3.95. The lowest BCUT2D eigenvalue weighted by Crippen LogP contribution is -2.08. The molecule has 0 heterocycles. The number of hydrogen-bond donors (Lipinski definition) is 0. The van der Waals surface area contributed by atoms with Crippen LogP contribution in [0.25, 0.3) is 0 Å². The highest BCUT2D eigenvalue weighted by molar-refractivity contribution is 7.78. The Balaban J connectivity index is 2.10. The molecule has 0 saturated heterocycles. The van der Waals surface area contributed by atoms with Crippen molar-refractivity contribution in [3.63, 3.8) is 0 Å². The molecule has 0 aliphatic rings. The largest absolute Gasteiger partial charge is 0.423 e. The third kappa shape index (κ3) is 3.58. The van der Waals surface area contributed by atoms with E-state index in [1.54, 1.807) is 36.4 Å². The van der Waals surface area contributed by atoms with E-state index < -0.39 is 0 Å². The molecule has 94 valence electrons. The van der Waals surface area contributed by atoms with Crippen molar-refractivity contribution in [3.8, 4) is 5.75 Å². The number of aryl methyl sites for hydroxylation is 1. The molecule has 2 aromatic rings. The number of aliphatic imine (C=N–C) groups is 1. The third-order valence-electron chi connectivity index (χ3n) is 2.51. The van der Waals surface area contributed by atoms with E-state index in [-0.39, 0.29) is 5.97 Å². The summed E-state index contributed by atoms with van der Waals surface area (Å²) >= 11 is 4.51. The number of carbonyl (C=O) groups excluding carboxylic acids is 1. The summed E-state index contributed by atoms with van der Waals surface area (Å²) in [6.07, 6.45) is 0. The van der Waals surface area contributed by atoms with E-state index in [4.69, 9.17) is 4.74 Å². The van der Waals surface area contributed by atoms with E-state index in [1.165, 1.54) is 0 Å². The Hall–Kier alpha value is -2.29. The smallest absolute Gasteiger partial charge is 0.343 e. The van der Waals surface area contributed by atoms with Crippen molar-refractivity contribution in [2.24, 2.45) is 4.99 Å². The van der Waals surface area contributed by atoms with Crippen LogP contribution in [0, 0.1) is 6.92 Å². The number of hydrogen-bond acceptors (Lipinski definition) is 4. The standard InChI is InChI=1S/C15H11NO2S/c1-11-2-4-12(5-3-11)15(17)18-14-8-6-13(7-9-14)16-10-19/h2-9H,1H3. The van der Waals surface area contributed by atoms with Crippen molar-refractivity contribution < 1.29 is 9.53 Å². The van der Waals surface area contributed by atoms with Gasteiger partial charge in [0.15, 0.2) is 0 Å². The van der Waals surface area contributed by atoms with Gasteiger partial charge < -0.3 is 4.74 Å². The Kier molecular flexibility index (Phi) is 4.18. The van der Waals surface area contributed by atoms with Gasteiger partial charge in [-0.2, -0.15) is 4.99 Å². The molecule has 0 aromatic heterocycles. The van der Waals surface area contributed by atoms with Gasteiger partial charge in [0.1, 0.15) is 5.75 Å². The first-order valence-corrected chi connectivity index (χ1v) is 6.06. The lowest BCUT2D eigenvalue weighted by atomic mass is 10.1. The Labute approximate surface area is 116 Å². The second-order valence-corrected chi connectivity index (χ2v) is 4.14. The summed E-state index contributed by atoms with van der Waals surface area (Å²) in [4.78, 5) is 15.7. The molecule has 0 spiro atoms. The van der Waals surface area contributed by atoms with Gasteiger partial charge in [0, 0.05) is 0 Å². The lowest BCUT2D eigenvalue weighted by molar-refractivity contribution is 0.0735. The maximum atomic E-state index is 11.9. The highest BCUT2D eigenvalue weighted by Gasteiger charge is 2.07. The molecule has 2 rings (SSSR count). The molecule has 0 bridgehead atoms. The van der Waals surface area contributed by atoms with Gasteiger partial charge in [-0.05, 0) is 55.5 Å². The van der Waals surface area contributed by atoms with Crippen LogP contribution in [-0.2, 0) is 0 Å². The van der Waals surface area contributed by atoms with Gasteiger partial charge in [-0.15, -0.1) is 0 Å². The van der Waals surface area contributed by atoms with Gasteiger partial charge in [0.25, 0.3) is 0 Å². The van der Waals surface area contributed by atoms with Crippen LogP contribution in [0.1, 0.15) is 15.9 Å². The second kappa shape index (κ2) is 6.05.